The van der Waals surface area contributed by atoms with E-state index in [1.54, 1.807) is 10.8 Å². The minimum Gasteiger partial charge on any atom is -0.437 e. The van der Waals surface area contributed by atoms with E-state index in [-0.39, 0.29) is 6.04 Å². The van der Waals surface area contributed by atoms with Gasteiger partial charge in [0.15, 0.2) is 12.2 Å². The lowest BCUT2D eigenvalue weighted by atomic mass is 9.77. The van der Waals surface area contributed by atoms with Gasteiger partial charge in [-0.2, -0.15) is 4.57 Å². The summed E-state index contributed by atoms with van der Waals surface area (Å²) < 4.78 is 9.14. The fourth-order valence-electron chi connectivity index (χ4n) is 8.19. The summed E-state index contributed by atoms with van der Waals surface area (Å²) in [5, 5.41) is 3.69. The van der Waals surface area contributed by atoms with Crippen LogP contribution in [0.25, 0.3) is 33.3 Å². The zero-order chi connectivity index (χ0) is 33.0. The normalized spacial score (nSPS) is 18.0. The summed E-state index contributed by atoms with van der Waals surface area (Å²) in [5.74, 6) is 1.03. The molecule has 0 saturated carbocycles. The fourth-order valence-corrected chi connectivity index (χ4v) is 9.85. The molecule has 4 nitrogen and oxygen atoms in total. The van der Waals surface area contributed by atoms with E-state index >= 15 is 0 Å². The molecular formula is C42H48N3OSi+. The highest BCUT2D eigenvalue weighted by molar-refractivity contribution is 6.89. The molecule has 5 heteroatoms. The van der Waals surface area contributed by atoms with Crippen LogP contribution in [0.2, 0.25) is 19.6 Å². The van der Waals surface area contributed by atoms with E-state index in [2.05, 4.69) is 106 Å². The Bertz CT molecular complexity index is 2070. The maximum Gasteiger partial charge on any atom is 0.227 e. The number of nitrogens with zero attached hydrogens (tertiary/aromatic N) is 3. The number of benzene rings is 2. The van der Waals surface area contributed by atoms with Gasteiger partial charge in [-0.3, -0.25) is 4.99 Å². The Balaban J connectivity index is 1.41. The summed E-state index contributed by atoms with van der Waals surface area (Å²) in [6, 6.07) is 20.6. The number of rotatable bonds is 6. The van der Waals surface area contributed by atoms with E-state index in [1.165, 1.54) is 35.2 Å². The van der Waals surface area contributed by atoms with Gasteiger partial charge in [-0.15, -0.1) is 0 Å². The second kappa shape index (κ2) is 12.2. The average Bonchev–Trinajstić information content (AvgIpc) is 3.42. The van der Waals surface area contributed by atoms with E-state index in [0.717, 1.165) is 64.7 Å². The number of aromatic nitrogens is 2. The topological polar surface area (TPSA) is 42.3 Å². The molecule has 0 saturated heterocycles. The highest BCUT2D eigenvalue weighted by Gasteiger charge is 2.42. The van der Waals surface area contributed by atoms with Gasteiger partial charge in [0.25, 0.3) is 0 Å². The molecule has 0 amide bonds. The molecule has 7 rings (SSSR count). The maximum atomic E-state index is 6.51. The number of fused-ring (bicyclic) bond motifs is 11. The largest absolute Gasteiger partial charge is 0.437 e. The van der Waals surface area contributed by atoms with Crippen LogP contribution in [0.1, 0.15) is 79.4 Å². The SMILES string of the molecule is C=CC1=NC(=C)CC2C(CCc3ccc4c(oc5nc(C)ccc54)c31)c1ccccc1-c1cc(CC(CC)CC)c([Si](C)(C)C)c[n+]12. The van der Waals surface area contributed by atoms with E-state index in [0.29, 0.717) is 17.5 Å². The summed E-state index contributed by atoms with van der Waals surface area (Å²) in [4.78, 5) is 9.93. The standard InChI is InChI=1S/C42H48N3OSi/c1-9-28(10-2)23-30-24-38-32-15-13-12-14-31(32)33-20-17-29-18-21-34-35-19-16-26(4)44-42(35)46-41(34)40(29)36(11-3)43-27(5)22-37(33)45(38)25-39(30)47(6,7)8/h11-16,18-19,21,24-25,28,33,37H,3,5,9-10,17,20,22-23H2,1-2,4,6-8H3/q+1. The molecule has 2 atom stereocenters. The van der Waals surface area contributed by atoms with Crippen molar-refractivity contribution in [2.45, 2.75) is 90.9 Å². The number of furan rings is 1. The third kappa shape index (κ3) is 5.52. The minimum atomic E-state index is -1.64. The number of aliphatic imine (C=N–C) groups is 1. The van der Waals surface area contributed by atoms with Crippen LogP contribution in [0.4, 0.5) is 0 Å². The molecule has 2 aromatic carbocycles. The number of pyridine rings is 2. The molecule has 240 valence electrons. The van der Waals surface area contributed by atoms with E-state index in [4.69, 9.17) is 14.4 Å². The van der Waals surface area contributed by atoms with Gasteiger partial charge in [-0.1, -0.05) is 89.8 Å². The van der Waals surface area contributed by atoms with E-state index in [9.17, 15) is 0 Å². The van der Waals surface area contributed by atoms with Crippen molar-refractivity contribution < 1.29 is 8.98 Å². The molecule has 0 bridgehead atoms. The summed E-state index contributed by atoms with van der Waals surface area (Å²) in [7, 11) is -1.64. The monoisotopic (exact) mass is 638 g/mol. The van der Waals surface area contributed by atoms with Crippen LogP contribution in [-0.4, -0.2) is 18.8 Å². The van der Waals surface area contributed by atoms with Crippen LogP contribution in [0.15, 0.2) is 95.1 Å². The Morgan fingerprint density at radius 2 is 1.81 bits per heavy atom. The van der Waals surface area contributed by atoms with Crippen molar-refractivity contribution in [3.05, 3.63) is 114 Å². The third-order valence-electron chi connectivity index (χ3n) is 10.8. The molecule has 2 aliphatic heterocycles. The molecule has 0 fully saturated rings. The molecule has 5 heterocycles. The molecule has 0 spiro atoms. The Hall–Kier alpha value is -4.09. The number of hydrogen-bond acceptors (Lipinski definition) is 3. The van der Waals surface area contributed by atoms with Crippen LogP contribution in [-0.2, 0) is 12.8 Å². The summed E-state index contributed by atoms with van der Waals surface area (Å²) in [5.41, 5.74) is 12.1. The molecule has 3 aromatic heterocycles. The van der Waals surface area contributed by atoms with Crippen molar-refractivity contribution >= 4 is 41.0 Å². The lowest BCUT2D eigenvalue weighted by Crippen LogP contribution is -2.54. The molecule has 2 aliphatic rings. The molecule has 5 aromatic rings. The minimum absolute atomic E-state index is 0.225. The van der Waals surface area contributed by atoms with Gasteiger partial charge in [0.1, 0.15) is 5.58 Å². The van der Waals surface area contributed by atoms with Crippen LogP contribution >= 0.6 is 0 Å². The van der Waals surface area contributed by atoms with E-state index < -0.39 is 8.07 Å². The molecule has 0 radical (unpaired) electrons. The Morgan fingerprint density at radius 3 is 2.55 bits per heavy atom. The van der Waals surface area contributed by atoms with E-state index in [1.807, 2.05) is 19.1 Å². The van der Waals surface area contributed by atoms with Crippen molar-refractivity contribution in [1.29, 1.82) is 0 Å². The van der Waals surface area contributed by atoms with Crippen molar-refractivity contribution in [2.24, 2.45) is 10.9 Å². The number of aryl methyl sites for hydroxylation is 2. The average molecular weight is 639 g/mol. The van der Waals surface area contributed by atoms with Crippen molar-refractivity contribution in [1.82, 2.24) is 4.98 Å². The first-order valence-corrected chi connectivity index (χ1v) is 21.0. The van der Waals surface area contributed by atoms with Crippen LogP contribution < -0.4 is 9.75 Å². The quantitative estimate of drug-likeness (QED) is 0.137. The Kier molecular flexibility index (Phi) is 8.16. The summed E-state index contributed by atoms with van der Waals surface area (Å²) in [6.45, 7) is 23.0. The number of hydrogen-bond donors (Lipinski definition) is 0. The second-order valence-corrected chi connectivity index (χ2v) is 19.8. The first kappa shape index (κ1) is 31.5. The fraction of sp³-hybridized carbons (Fsp3) is 0.357. The van der Waals surface area contributed by atoms with Gasteiger partial charge in [0.05, 0.1) is 20.2 Å². The van der Waals surface area contributed by atoms with Crippen LogP contribution in [0.5, 0.6) is 0 Å². The van der Waals surface area contributed by atoms with Gasteiger partial charge >= 0.3 is 0 Å². The lowest BCUT2D eigenvalue weighted by molar-refractivity contribution is -0.717. The van der Waals surface area contributed by atoms with Gasteiger partial charge in [-0.25, -0.2) is 4.98 Å². The molecule has 0 N–H and O–H groups in total. The Morgan fingerprint density at radius 1 is 1.04 bits per heavy atom. The van der Waals surface area contributed by atoms with Crippen molar-refractivity contribution in [2.75, 3.05) is 0 Å². The lowest BCUT2D eigenvalue weighted by Gasteiger charge is -2.33. The summed E-state index contributed by atoms with van der Waals surface area (Å²) >= 11 is 0. The van der Waals surface area contributed by atoms with Gasteiger partial charge in [-0.05, 0) is 73.1 Å². The van der Waals surface area contributed by atoms with Gasteiger partial charge in [0, 0.05) is 50.5 Å². The summed E-state index contributed by atoms with van der Waals surface area (Å²) in [6.07, 6.45) is 10.7. The van der Waals surface area contributed by atoms with Crippen LogP contribution in [0.3, 0.4) is 0 Å². The molecule has 47 heavy (non-hydrogen) atoms. The predicted molar refractivity (Wildman–Crippen MR) is 200 cm³/mol. The predicted octanol–water partition coefficient (Wildman–Crippen LogP) is 9.93. The van der Waals surface area contributed by atoms with Crippen molar-refractivity contribution in [3.63, 3.8) is 0 Å². The zero-order valence-corrected chi connectivity index (χ0v) is 30.0. The van der Waals surface area contributed by atoms with Gasteiger partial charge in [0.2, 0.25) is 11.4 Å². The highest BCUT2D eigenvalue weighted by Crippen LogP contribution is 2.44. The van der Waals surface area contributed by atoms with Crippen LogP contribution in [0, 0.1) is 12.8 Å². The highest BCUT2D eigenvalue weighted by atomic mass is 28.3. The zero-order valence-electron chi connectivity index (χ0n) is 29.0. The third-order valence-corrected chi connectivity index (χ3v) is 12.8. The second-order valence-electron chi connectivity index (χ2n) is 14.8. The first-order chi connectivity index (χ1) is 22.6. The molecular weight excluding hydrogens is 591 g/mol. The number of allylic oxidation sites excluding steroid dienone is 2. The van der Waals surface area contributed by atoms with Gasteiger partial charge < -0.3 is 4.42 Å². The first-order valence-electron chi connectivity index (χ1n) is 17.5. The molecule has 0 aliphatic carbocycles. The van der Waals surface area contributed by atoms with Crippen molar-refractivity contribution in [3.8, 4) is 11.3 Å². The smallest absolute Gasteiger partial charge is 0.227 e. The Labute approximate surface area is 281 Å². The molecule has 2 unspecified atom stereocenters. The maximum absolute atomic E-state index is 6.51.